The molecule has 0 fully saturated rings. The number of hydrogen-bond acceptors (Lipinski definition) is 1. The molecule has 0 radical (unpaired) electrons. The van der Waals surface area contributed by atoms with Crippen LogP contribution in [0.2, 0.25) is 0 Å². The lowest BCUT2D eigenvalue weighted by atomic mass is 10.2. The summed E-state index contributed by atoms with van der Waals surface area (Å²) < 4.78 is 13.1. The van der Waals surface area contributed by atoms with Gasteiger partial charge in [0.05, 0.1) is 5.69 Å². The van der Waals surface area contributed by atoms with E-state index in [9.17, 15) is 4.39 Å². The predicted octanol–water partition coefficient (Wildman–Crippen LogP) is 3.43. The summed E-state index contributed by atoms with van der Waals surface area (Å²) >= 11 is 0. The summed E-state index contributed by atoms with van der Waals surface area (Å²) in [4.78, 5) is 0. The normalized spacial score (nSPS) is 12.5. The SMILES string of the molecule is CCC[C@@H](C)Nc1ccccc1F. The van der Waals surface area contributed by atoms with Crippen LogP contribution in [0.25, 0.3) is 0 Å². The minimum absolute atomic E-state index is 0.176. The second kappa shape index (κ2) is 4.85. The molecule has 1 aromatic rings. The molecule has 0 heterocycles. The smallest absolute Gasteiger partial charge is 0.146 e. The van der Waals surface area contributed by atoms with E-state index in [1.54, 1.807) is 12.1 Å². The van der Waals surface area contributed by atoms with Gasteiger partial charge in [0.15, 0.2) is 0 Å². The molecule has 1 nitrogen and oxygen atoms in total. The molecule has 1 atom stereocenters. The van der Waals surface area contributed by atoms with Crippen LogP contribution in [0, 0.1) is 5.82 Å². The van der Waals surface area contributed by atoms with Crippen LogP contribution in [0.3, 0.4) is 0 Å². The van der Waals surface area contributed by atoms with Crippen LogP contribution in [0.4, 0.5) is 10.1 Å². The third-order valence-electron chi connectivity index (χ3n) is 2.00. The highest BCUT2D eigenvalue weighted by Gasteiger charge is 2.03. The van der Waals surface area contributed by atoms with Gasteiger partial charge in [0.1, 0.15) is 5.82 Å². The number of nitrogens with one attached hydrogen (secondary N) is 1. The average molecular weight is 181 g/mol. The van der Waals surface area contributed by atoms with Gasteiger partial charge in [-0.3, -0.25) is 0 Å². The Hall–Kier alpha value is -1.05. The van der Waals surface area contributed by atoms with Gasteiger partial charge in [-0.2, -0.15) is 0 Å². The lowest BCUT2D eigenvalue weighted by Crippen LogP contribution is -2.15. The first kappa shape index (κ1) is 10.0. The van der Waals surface area contributed by atoms with Gasteiger partial charge >= 0.3 is 0 Å². The standard InChI is InChI=1S/C11H16FN/c1-3-6-9(2)13-11-8-5-4-7-10(11)12/h4-5,7-9,13H,3,6H2,1-2H3/t9-/m1/s1. The van der Waals surface area contributed by atoms with E-state index in [4.69, 9.17) is 0 Å². The van der Waals surface area contributed by atoms with Crippen LogP contribution < -0.4 is 5.32 Å². The largest absolute Gasteiger partial charge is 0.380 e. The summed E-state index contributed by atoms with van der Waals surface area (Å²) in [5, 5.41) is 3.14. The topological polar surface area (TPSA) is 12.0 Å². The van der Waals surface area contributed by atoms with Crippen LogP contribution in [-0.4, -0.2) is 6.04 Å². The van der Waals surface area contributed by atoms with Crippen molar-refractivity contribution in [1.29, 1.82) is 0 Å². The summed E-state index contributed by atoms with van der Waals surface area (Å²) in [6, 6.07) is 7.11. The molecule has 0 aliphatic heterocycles. The van der Waals surface area contributed by atoms with E-state index in [2.05, 4.69) is 19.2 Å². The maximum atomic E-state index is 13.1. The van der Waals surface area contributed by atoms with Crippen molar-refractivity contribution in [3.8, 4) is 0 Å². The first-order chi connectivity index (χ1) is 6.24. The molecule has 0 aliphatic rings. The quantitative estimate of drug-likeness (QED) is 0.750. The lowest BCUT2D eigenvalue weighted by molar-refractivity contribution is 0.620. The number of para-hydroxylation sites is 1. The van der Waals surface area contributed by atoms with E-state index in [0.717, 1.165) is 12.8 Å². The van der Waals surface area contributed by atoms with Crippen LogP contribution in [0.5, 0.6) is 0 Å². The average Bonchev–Trinajstić information content (AvgIpc) is 2.09. The first-order valence-electron chi connectivity index (χ1n) is 4.75. The predicted molar refractivity (Wildman–Crippen MR) is 54.4 cm³/mol. The number of benzene rings is 1. The fraction of sp³-hybridized carbons (Fsp3) is 0.455. The molecule has 0 amide bonds. The number of rotatable bonds is 4. The van der Waals surface area contributed by atoms with Crippen LogP contribution in [-0.2, 0) is 0 Å². The molecular formula is C11H16FN. The zero-order chi connectivity index (χ0) is 9.68. The molecule has 0 unspecified atom stereocenters. The Morgan fingerprint density at radius 3 is 2.69 bits per heavy atom. The Morgan fingerprint density at radius 1 is 1.38 bits per heavy atom. The fourth-order valence-corrected chi connectivity index (χ4v) is 1.35. The Labute approximate surface area is 79.0 Å². The Bertz CT molecular complexity index is 260. The second-order valence-corrected chi connectivity index (χ2v) is 3.31. The highest BCUT2D eigenvalue weighted by Crippen LogP contribution is 2.14. The Balaban J connectivity index is 2.58. The van der Waals surface area contributed by atoms with Crippen molar-refractivity contribution in [2.75, 3.05) is 5.32 Å². The third-order valence-corrected chi connectivity index (χ3v) is 2.00. The van der Waals surface area contributed by atoms with Crippen LogP contribution in [0.1, 0.15) is 26.7 Å². The Kier molecular flexibility index (Phi) is 3.74. The molecular weight excluding hydrogens is 165 g/mol. The summed E-state index contributed by atoms with van der Waals surface area (Å²) in [6.07, 6.45) is 2.18. The molecule has 0 saturated carbocycles. The van der Waals surface area contributed by atoms with Crippen molar-refractivity contribution in [1.82, 2.24) is 0 Å². The number of anilines is 1. The molecule has 0 aliphatic carbocycles. The highest BCUT2D eigenvalue weighted by molar-refractivity contribution is 5.44. The summed E-state index contributed by atoms with van der Waals surface area (Å²) in [5.74, 6) is -0.176. The van der Waals surface area contributed by atoms with E-state index in [0.29, 0.717) is 11.7 Å². The van der Waals surface area contributed by atoms with Crippen molar-refractivity contribution < 1.29 is 4.39 Å². The van der Waals surface area contributed by atoms with Crippen molar-refractivity contribution in [3.05, 3.63) is 30.1 Å². The molecule has 0 bridgehead atoms. The number of hydrogen-bond donors (Lipinski definition) is 1. The van der Waals surface area contributed by atoms with E-state index in [1.807, 2.05) is 6.07 Å². The van der Waals surface area contributed by atoms with Gasteiger partial charge in [0.25, 0.3) is 0 Å². The van der Waals surface area contributed by atoms with E-state index in [-0.39, 0.29) is 5.82 Å². The van der Waals surface area contributed by atoms with Crippen molar-refractivity contribution in [2.45, 2.75) is 32.7 Å². The third kappa shape index (κ3) is 3.05. The molecule has 0 aromatic heterocycles. The minimum Gasteiger partial charge on any atom is -0.380 e. The van der Waals surface area contributed by atoms with Crippen molar-refractivity contribution >= 4 is 5.69 Å². The summed E-state index contributed by atoms with van der Waals surface area (Å²) in [5.41, 5.74) is 0.600. The Morgan fingerprint density at radius 2 is 2.08 bits per heavy atom. The maximum Gasteiger partial charge on any atom is 0.146 e. The molecule has 0 spiro atoms. The fourth-order valence-electron chi connectivity index (χ4n) is 1.35. The summed E-state index contributed by atoms with van der Waals surface area (Å²) in [6.45, 7) is 4.19. The molecule has 1 rings (SSSR count). The van der Waals surface area contributed by atoms with Gasteiger partial charge in [-0.1, -0.05) is 25.5 Å². The molecule has 1 N–H and O–H groups in total. The van der Waals surface area contributed by atoms with Gasteiger partial charge in [-0.05, 0) is 25.5 Å². The van der Waals surface area contributed by atoms with E-state index in [1.165, 1.54) is 6.07 Å². The van der Waals surface area contributed by atoms with Crippen molar-refractivity contribution in [2.24, 2.45) is 0 Å². The van der Waals surface area contributed by atoms with Crippen LogP contribution in [0.15, 0.2) is 24.3 Å². The van der Waals surface area contributed by atoms with Gasteiger partial charge in [-0.15, -0.1) is 0 Å². The minimum atomic E-state index is -0.176. The van der Waals surface area contributed by atoms with Gasteiger partial charge in [0, 0.05) is 6.04 Å². The monoisotopic (exact) mass is 181 g/mol. The van der Waals surface area contributed by atoms with Gasteiger partial charge < -0.3 is 5.32 Å². The number of halogens is 1. The van der Waals surface area contributed by atoms with E-state index >= 15 is 0 Å². The van der Waals surface area contributed by atoms with Crippen LogP contribution >= 0.6 is 0 Å². The summed E-state index contributed by atoms with van der Waals surface area (Å²) in [7, 11) is 0. The second-order valence-electron chi connectivity index (χ2n) is 3.31. The highest BCUT2D eigenvalue weighted by atomic mass is 19.1. The van der Waals surface area contributed by atoms with Gasteiger partial charge in [-0.25, -0.2) is 4.39 Å². The molecule has 72 valence electrons. The zero-order valence-electron chi connectivity index (χ0n) is 8.18. The van der Waals surface area contributed by atoms with Gasteiger partial charge in [0.2, 0.25) is 0 Å². The first-order valence-corrected chi connectivity index (χ1v) is 4.75. The lowest BCUT2D eigenvalue weighted by Gasteiger charge is -2.14. The molecule has 1 aromatic carbocycles. The van der Waals surface area contributed by atoms with E-state index < -0.39 is 0 Å². The van der Waals surface area contributed by atoms with Crippen molar-refractivity contribution in [3.63, 3.8) is 0 Å². The molecule has 2 heteroatoms. The maximum absolute atomic E-state index is 13.1. The molecule has 0 saturated heterocycles. The molecule has 13 heavy (non-hydrogen) atoms. The zero-order valence-corrected chi connectivity index (χ0v) is 8.18.